The van der Waals surface area contributed by atoms with E-state index in [4.69, 9.17) is 0 Å². The molecule has 0 saturated heterocycles. The Hall–Kier alpha value is -2.28. The highest BCUT2D eigenvalue weighted by molar-refractivity contribution is 7.09. The average molecular weight is 300 g/mol. The maximum Gasteiger partial charge on any atom is 0.202 e. The quantitative estimate of drug-likeness (QED) is 0.802. The summed E-state index contributed by atoms with van der Waals surface area (Å²) in [5.74, 6) is 1.62. The number of pyridine rings is 1. The summed E-state index contributed by atoms with van der Waals surface area (Å²) in [4.78, 5) is 8.74. The van der Waals surface area contributed by atoms with Crippen LogP contribution in [0.15, 0.2) is 24.4 Å². The fourth-order valence-electron chi connectivity index (χ4n) is 2.05. The van der Waals surface area contributed by atoms with Crippen LogP contribution in [0, 0.1) is 20.8 Å². The van der Waals surface area contributed by atoms with Crippen LogP contribution in [0.3, 0.4) is 0 Å². The molecule has 3 heterocycles. The van der Waals surface area contributed by atoms with Crippen molar-refractivity contribution in [1.29, 1.82) is 0 Å². The Labute approximate surface area is 127 Å². The SMILES string of the molecule is Cc1cc(C)n(-c2ccc(CNc3nc(C)ns3)cn2)n1. The van der Waals surface area contributed by atoms with Crippen molar-refractivity contribution < 1.29 is 0 Å². The van der Waals surface area contributed by atoms with Crippen molar-refractivity contribution in [3.63, 3.8) is 0 Å². The highest BCUT2D eigenvalue weighted by Gasteiger charge is 2.05. The van der Waals surface area contributed by atoms with Gasteiger partial charge in [0.05, 0.1) is 5.69 Å². The molecule has 0 unspecified atom stereocenters. The number of anilines is 1. The van der Waals surface area contributed by atoms with Crippen LogP contribution in [-0.2, 0) is 6.54 Å². The molecule has 0 amide bonds. The molecule has 0 atom stereocenters. The fraction of sp³-hybridized carbons (Fsp3) is 0.286. The molecule has 3 aromatic rings. The lowest BCUT2D eigenvalue weighted by molar-refractivity contribution is 0.804. The van der Waals surface area contributed by atoms with Crippen molar-refractivity contribution in [2.75, 3.05) is 5.32 Å². The molecule has 0 saturated carbocycles. The van der Waals surface area contributed by atoms with Crippen molar-refractivity contribution in [3.05, 3.63) is 47.2 Å². The normalized spacial score (nSPS) is 10.8. The molecule has 0 aromatic carbocycles. The van der Waals surface area contributed by atoms with E-state index in [2.05, 4.69) is 24.8 Å². The van der Waals surface area contributed by atoms with Crippen molar-refractivity contribution in [3.8, 4) is 5.82 Å². The summed E-state index contributed by atoms with van der Waals surface area (Å²) in [5, 5.41) is 8.50. The van der Waals surface area contributed by atoms with E-state index >= 15 is 0 Å². The minimum atomic E-state index is 0.680. The zero-order valence-electron chi connectivity index (χ0n) is 12.2. The Kier molecular flexibility index (Phi) is 3.66. The van der Waals surface area contributed by atoms with Gasteiger partial charge in [-0.15, -0.1) is 0 Å². The Morgan fingerprint density at radius 3 is 2.67 bits per heavy atom. The highest BCUT2D eigenvalue weighted by Crippen LogP contribution is 2.13. The van der Waals surface area contributed by atoms with E-state index in [0.717, 1.165) is 33.7 Å². The average Bonchev–Trinajstić information content (AvgIpc) is 3.03. The molecular formula is C14H16N6S. The lowest BCUT2D eigenvalue weighted by atomic mass is 10.3. The first-order valence-corrected chi connectivity index (χ1v) is 7.42. The molecule has 0 radical (unpaired) electrons. The third-order valence-electron chi connectivity index (χ3n) is 3.01. The molecule has 3 rings (SSSR count). The molecule has 0 spiro atoms. The molecule has 108 valence electrons. The first-order valence-electron chi connectivity index (χ1n) is 6.64. The standard InChI is InChI=1S/C14H16N6S/c1-9-6-10(2)20(18-9)13-5-4-12(7-15-13)8-16-14-17-11(3)19-21-14/h4-7H,8H2,1-3H3,(H,16,17,19). The zero-order valence-corrected chi connectivity index (χ0v) is 13.0. The smallest absolute Gasteiger partial charge is 0.202 e. The molecule has 7 heteroatoms. The van der Waals surface area contributed by atoms with Gasteiger partial charge in [-0.1, -0.05) is 6.07 Å². The summed E-state index contributed by atoms with van der Waals surface area (Å²) < 4.78 is 5.98. The predicted octanol–water partition coefficient (Wildman–Crippen LogP) is 2.66. The minimum Gasteiger partial charge on any atom is -0.356 e. The predicted molar refractivity (Wildman–Crippen MR) is 82.8 cm³/mol. The number of nitrogens with one attached hydrogen (secondary N) is 1. The number of aromatic nitrogens is 5. The third kappa shape index (κ3) is 3.08. The van der Waals surface area contributed by atoms with Crippen molar-refractivity contribution >= 4 is 16.7 Å². The summed E-state index contributed by atoms with van der Waals surface area (Å²) in [7, 11) is 0. The summed E-state index contributed by atoms with van der Waals surface area (Å²) in [6.45, 7) is 6.56. The molecular weight excluding hydrogens is 284 g/mol. The topological polar surface area (TPSA) is 68.5 Å². The summed E-state index contributed by atoms with van der Waals surface area (Å²) >= 11 is 1.37. The summed E-state index contributed by atoms with van der Waals surface area (Å²) in [6.07, 6.45) is 1.85. The van der Waals surface area contributed by atoms with Crippen LogP contribution >= 0.6 is 11.5 Å². The monoisotopic (exact) mass is 300 g/mol. The van der Waals surface area contributed by atoms with Crippen LogP contribution in [0.1, 0.15) is 22.8 Å². The van der Waals surface area contributed by atoms with Gasteiger partial charge in [0, 0.05) is 30.0 Å². The van der Waals surface area contributed by atoms with E-state index < -0.39 is 0 Å². The first kappa shape index (κ1) is 13.7. The maximum absolute atomic E-state index is 4.47. The molecule has 0 aliphatic carbocycles. The van der Waals surface area contributed by atoms with E-state index in [1.165, 1.54) is 11.5 Å². The van der Waals surface area contributed by atoms with Gasteiger partial charge in [0.15, 0.2) is 5.82 Å². The Balaban J connectivity index is 1.70. The second-order valence-corrected chi connectivity index (χ2v) is 5.62. The van der Waals surface area contributed by atoms with Gasteiger partial charge in [-0.25, -0.2) is 14.6 Å². The molecule has 3 aromatic heterocycles. The van der Waals surface area contributed by atoms with Gasteiger partial charge in [-0.3, -0.25) is 0 Å². The van der Waals surface area contributed by atoms with Crippen LogP contribution in [0.2, 0.25) is 0 Å². The van der Waals surface area contributed by atoms with E-state index in [-0.39, 0.29) is 0 Å². The Morgan fingerprint density at radius 1 is 1.24 bits per heavy atom. The number of hydrogen-bond donors (Lipinski definition) is 1. The Morgan fingerprint density at radius 2 is 2.10 bits per heavy atom. The number of hydrogen-bond acceptors (Lipinski definition) is 6. The maximum atomic E-state index is 4.47. The highest BCUT2D eigenvalue weighted by atomic mass is 32.1. The van der Waals surface area contributed by atoms with Crippen LogP contribution in [0.5, 0.6) is 0 Å². The molecule has 0 aliphatic heterocycles. The summed E-state index contributed by atoms with van der Waals surface area (Å²) in [6, 6.07) is 6.05. The second-order valence-electron chi connectivity index (χ2n) is 4.86. The van der Waals surface area contributed by atoms with Crippen LogP contribution in [-0.4, -0.2) is 24.1 Å². The second kappa shape index (κ2) is 5.61. The number of aryl methyl sites for hydroxylation is 3. The lowest BCUT2D eigenvalue weighted by Crippen LogP contribution is -2.04. The molecule has 0 fully saturated rings. The van der Waals surface area contributed by atoms with Crippen molar-refractivity contribution in [1.82, 2.24) is 24.1 Å². The van der Waals surface area contributed by atoms with E-state index in [9.17, 15) is 0 Å². The van der Waals surface area contributed by atoms with E-state index in [0.29, 0.717) is 6.54 Å². The van der Waals surface area contributed by atoms with Gasteiger partial charge in [0.1, 0.15) is 5.82 Å². The van der Waals surface area contributed by atoms with Crippen LogP contribution in [0.4, 0.5) is 5.13 Å². The molecule has 6 nitrogen and oxygen atoms in total. The van der Waals surface area contributed by atoms with Gasteiger partial charge in [-0.2, -0.15) is 9.47 Å². The van der Waals surface area contributed by atoms with Gasteiger partial charge in [0.2, 0.25) is 5.13 Å². The third-order valence-corrected chi connectivity index (χ3v) is 3.77. The Bertz CT molecular complexity index is 743. The van der Waals surface area contributed by atoms with Gasteiger partial charge < -0.3 is 5.32 Å². The van der Waals surface area contributed by atoms with Crippen molar-refractivity contribution in [2.45, 2.75) is 27.3 Å². The van der Waals surface area contributed by atoms with Gasteiger partial charge in [0.25, 0.3) is 0 Å². The number of rotatable bonds is 4. The van der Waals surface area contributed by atoms with Gasteiger partial charge >= 0.3 is 0 Å². The van der Waals surface area contributed by atoms with Crippen molar-refractivity contribution in [2.24, 2.45) is 0 Å². The largest absolute Gasteiger partial charge is 0.356 e. The molecule has 0 bridgehead atoms. The first-order chi connectivity index (χ1) is 10.1. The summed E-state index contributed by atoms with van der Waals surface area (Å²) in [5.41, 5.74) is 3.16. The van der Waals surface area contributed by atoms with Crippen LogP contribution in [0.25, 0.3) is 5.82 Å². The fourth-order valence-corrected chi connectivity index (χ4v) is 2.62. The van der Waals surface area contributed by atoms with E-state index in [1.54, 1.807) is 0 Å². The molecule has 1 N–H and O–H groups in total. The van der Waals surface area contributed by atoms with Crippen LogP contribution < -0.4 is 5.32 Å². The molecule has 21 heavy (non-hydrogen) atoms. The minimum absolute atomic E-state index is 0.680. The lowest BCUT2D eigenvalue weighted by Gasteiger charge is -2.05. The zero-order chi connectivity index (χ0) is 14.8. The van der Waals surface area contributed by atoms with Gasteiger partial charge in [-0.05, 0) is 38.5 Å². The number of nitrogens with zero attached hydrogens (tertiary/aromatic N) is 5. The van der Waals surface area contributed by atoms with E-state index in [1.807, 2.05) is 49.8 Å². The molecule has 0 aliphatic rings.